The van der Waals surface area contributed by atoms with Gasteiger partial charge in [0.1, 0.15) is 5.82 Å². The van der Waals surface area contributed by atoms with Crippen LogP contribution in [0, 0.1) is 15.9 Å². The van der Waals surface area contributed by atoms with E-state index in [4.69, 9.17) is 0 Å². The molecule has 0 aromatic heterocycles. The molecule has 1 saturated heterocycles. The van der Waals surface area contributed by atoms with Crippen molar-refractivity contribution in [3.63, 3.8) is 0 Å². The van der Waals surface area contributed by atoms with Crippen LogP contribution in [0.4, 0.5) is 10.1 Å². The number of non-ortho nitro benzene ring substituents is 1. The Morgan fingerprint density at radius 1 is 1.20 bits per heavy atom. The van der Waals surface area contributed by atoms with E-state index in [0.717, 1.165) is 24.3 Å². The minimum Gasteiger partial charge on any atom is -0.258 e. The Kier molecular flexibility index (Phi) is 5.10. The van der Waals surface area contributed by atoms with Crippen LogP contribution in [0.1, 0.15) is 12.8 Å². The first-order chi connectivity index (χ1) is 7.20. The lowest BCUT2D eigenvalue weighted by Crippen LogP contribution is -1.86. The average Bonchev–Trinajstić information content (AvgIpc) is 2.76. The summed E-state index contributed by atoms with van der Waals surface area (Å²) in [5.41, 5.74) is -0.0959. The summed E-state index contributed by atoms with van der Waals surface area (Å²) >= 11 is 2.07. The van der Waals surface area contributed by atoms with Gasteiger partial charge in [-0.2, -0.15) is 11.8 Å². The molecule has 15 heavy (non-hydrogen) atoms. The van der Waals surface area contributed by atoms with Gasteiger partial charge in [0.25, 0.3) is 5.69 Å². The van der Waals surface area contributed by atoms with Crippen LogP contribution in [-0.2, 0) is 0 Å². The number of nitro benzene ring substituents is 1. The number of hydrogen-bond acceptors (Lipinski definition) is 3. The van der Waals surface area contributed by atoms with Crippen molar-refractivity contribution >= 4 is 17.4 Å². The summed E-state index contributed by atoms with van der Waals surface area (Å²) in [4.78, 5) is 9.43. The Bertz CT molecular complexity index is 304. The third kappa shape index (κ3) is 4.78. The molecule has 82 valence electrons. The van der Waals surface area contributed by atoms with Gasteiger partial charge in [0.05, 0.1) is 4.92 Å². The predicted molar refractivity (Wildman–Crippen MR) is 59.6 cm³/mol. The molecule has 5 heteroatoms. The van der Waals surface area contributed by atoms with Crippen molar-refractivity contribution in [3.8, 4) is 0 Å². The summed E-state index contributed by atoms with van der Waals surface area (Å²) in [5.74, 6) is 2.37. The van der Waals surface area contributed by atoms with Crippen LogP contribution in [0.15, 0.2) is 24.3 Å². The molecule has 1 aliphatic heterocycles. The minimum absolute atomic E-state index is 0.0959. The number of thioether (sulfide) groups is 1. The van der Waals surface area contributed by atoms with Crippen LogP contribution in [0.3, 0.4) is 0 Å². The van der Waals surface area contributed by atoms with Crippen molar-refractivity contribution in [2.24, 2.45) is 0 Å². The normalized spacial score (nSPS) is 14.2. The Morgan fingerprint density at radius 3 is 2.07 bits per heavy atom. The first-order valence-corrected chi connectivity index (χ1v) is 5.83. The number of benzene rings is 1. The molecule has 0 aliphatic carbocycles. The lowest BCUT2D eigenvalue weighted by Gasteiger charge is -1.87. The highest BCUT2D eigenvalue weighted by Crippen LogP contribution is 2.14. The molecular weight excluding hydrogens is 217 g/mol. The molecule has 2 rings (SSSR count). The zero-order chi connectivity index (χ0) is 11.1. The molecule has 0 amide bonds. The van der Waals surface area contributed by atoms with Crippen LogP contribution >= 0.6 is 11.8 Å². The molecule has 0 N–H and O–H groups in total. The number of nitrogens with zero attached hydrogens (tertiary/aromatic N) is 1. The van der Waals surface area contributed by atoms with Crippen LogP contribution in [0.25, 0.3) is 0 Å². The van der Waals surface area contributed by atoms with E-state index in [2.05, 4.69) is 11.8 Å². The van der Waals surface area contributed by atoms with E-state index in [0.29, 0.717) is 0 Å². The summed E-state index contributed by atoms with van der Waals surface area (Å²) in [6, 6.07) is 4.35. The van der Waals surface area contributed by atoms with Gasteiger partial charge in [-0.15, -0.1) is 0 Å². The Morgan fingerprint density at radius 2 is 1.73 bits per heavy atom. The van der Waals surface area contributed by atoms with Gasteiger partial charge >= 0.3 is 0 Å². The quantitative estimate of drug-likeness (QED) is 0.548. The van der Waals surface area contributed by atoms with Crippen LogP contribution < -0.4 is 0 Å². The van der Waals surface area contributed by atoms with Gasteiger partial charge < -0.3 is 0 Å². The van der Waals surface area contributed by atoms with Crippen molar-refractivity contribution in [2.45, 2.75) is 12.8 Å². The third-order valence-corrected chi connectivity index (χ3v) is 3.02. The van der Waals surface area contributed by atoms with E-state index in [9.17, 15) is 14.5 Å². The van der Waals surface area contributed by atoms with E-state index in [-0.39, 0.29) is 5.69 Å². The number of rotatable bonds is 1. The van der Waals surface area contributed by atoms with Crippen molar-refractivity contribution in [1.29, 1.82) is 0 Å². The molecule has 0 spiro atoms. The molecule has 3 nitrogen and oxygen atoms in total. The number of nitro groups is 1. The highest BCUT2D eigenvalue weighted by molar-refractivity contribution is 7.99. The van der Waals surface area contributed by atoms with Gasteiger partial charge in [0, 0.05) is 12.1 Å². The summed E-state index contributed by atoms with van der Waals surface area (Å²) in [5, 5.41) is 10.00. The lowest BCUT2D eigenvalue weighted by molar-refractivity contribution is -0.384. The van der Waals surface area contributed by atoms with Crippen LogP contribution in [0.2, 0.25) is 0 Å². The maximum absolute atomic E-state index is 12.1. The van der Waals surface area contributed by atoms with E-state index in [1.54, 1.807) is 0 Å². The zero-order valence-electron chi connectivity index (χ0n) is 8.19. The number of hydrogen-bond donors (Lipinski definition) is 0. The number of halogens is 1. The SMILES string of the molecule is C1CCSC1.O=[N+]([O-])c1ccc(F)cc1. The van der Waals surface area contributed by atoms with E-state index < -0.39 is 10.7 Å². The van der Waals surface area contributed by atoms with Crippen molar-refractivity contribution in [2.75, 3.05) is 11.5 Å². The average molecular weight is 229 g/mol. The van der Waals surface area contributed by atoms with Gasteiger partial charge in [-0.25, -0.2) is 4.39 Å². The van der Waals surface area contributed by atoms with Gasteiger partial charge in [0.2, 0.25) is 0 Å². The summed E-state index contributed by atoms with van der Waals surface area (Å²) < 4.78 is 12.1. The van der Waals surface area contributed by atoms with Crippen molar-refractivity contribution in [1.82, 2.24) is 0 Å². The molecule has 0 saturated carbocycles. The van der Waals surface area contributed by atoms with Gasteiger partial charge in [-0.1, -0.05) is 0 Å². The topological polar surface area (TPSA) is 43.1 Å². The fourth-order valence-corrected chi connectivity index (χ4v) is 2.09. The third-order valence-electron chi connectivity index (χ3n) is 1.86. The largest absolute Gasteiger partial charge is 0.269 e. The summed E-state index contributed by atoms with van der Waals surface area (Å²) in [6.07, 6.45) is 2.93. The molecule has 0 unspecified atom stereocenters. The molecule has 1 heterocycles. The highest BCUT2D eigenvalue weighted by Gasteiger charge is 2.02. The van der Waals surface area contributed by atoms with Gasteiger partial charge in [0.15, 0.2) is 0 Å². The maximum atomic E-state index is 12.1. The van der Waals surface area contributed by atoms with E-state index in [1.165, 1.54) is 24.3 Å². The monoisotopic (exact) mass is 229 g/mol. The van der Waals surface area contributed by atoms with Crippen LogP contribution in [-0.4, -0.2) is 16.4 Å². The lowest BCUT2D eigenvalue weighted by atomic mass is 10.3. The molecular formula is C10H12FNO2S. The Balaban J connectivity index is 0.000000187. The van der Waals surface area contributed by atoms with Gasteiger partial charge in [-0.3, -0.25) is 10.1 Å². The standard InChI is InChI=1S/C6H4FNO2.C4H8S/c7-5-1-3-6(4-2-5)8(9)10;1-2-4-5-3-1/h1-4H;1-4H2. The fourth-order valence-electron chi connectivity index (χ4n) is 1.07. The molecule has 1 fully saturated rings. The zero-order valence-corrected chi connectivity index (χ0v) is 9.00. The first-order valence-electron chi connectivity index (χ1n) is 4.68. The van der Waals surface area contributed by atoms with Crippen LogP contribution in [0.5, 0.6) is 0 Å². The Labute approximate surface area is 91.8 Å². The molecule has 0 atom stereocenters. The molecule has 1 aromatic rings. The first kappa shape index (κ1) is 12.0. The minimum atomic E-state index is -0.570. The molecule has 1 aromatic carbocycles. The highest BCUT2D eigenvalue weighted by atomic mass is 32.2. The summed E-state index contributed by atoms with van der Waals surface area (Å²) in [7, 11) is 0. The molecule has 0 bridgehead atoms. The second-order valence-electron chi connectivity index (χ2n) is 3.05. The van der Waals surface area contributed by atoms with Crippen molar-refractivity contribution in [3.05, 3.63) is 40.2 Å². The summed E-state index contributed by atoms with van der Waals surface area (Å²) in [6.45, 7) is 0. The smallest absolute Gasteiger partial charge is 0.258 e. The molecule has 0 radical (unpaired) electrons. The van der Waals surface area contributed by atoms with Crippen molar-refractivity contribution < 1.29 is 9.31 Å². The predicted octanol–water partition coefficient (Wildman–Crippen LogP) is 3.25. The van der Waals surface area contributed by atoms with E-state index in [1.807, 2.05) is 0 Å². The second kappa shape index (κ2) is 6.40. The van der Waals surface area contributed by atoms with E-state index >= 15 is 0 Å². The second-order valence-corrected chi connectivity index (χ2v) is 4.28. The Hall–Kier alpha value is -1.10. The fraction of sp³-hybridized carbons (Fsp3) is 0.400. The maximum Gasteiger partial charge on any atom is 0.269 e. The molecule has 1 aliphatic rings. The van der Waals surface area contributed by atoms with Gasteiger partial charge in [-0.05, 0) is 36.5 Å².